The summed E-state index contributed by atoms with van der Waals surface area (Å²) in [6.45, 7) is 3.68. The van der Waals surface area contributed by atoms with E-state index in [2.05, 4.69) is 27.9 Å². The molecule has 0 saturated heterocycles. The molecule has 1 unspecified atom stereocenters. The van der Waals surface area contributed by atoms with E-state index in [1.165, 1.54) is 0 Å². The molecule has 0 spiro atoms. The van der Waals surface area contributed by atoms with Crippen LogP contribution in [0, 0.1) is 10.5 Å². The number of carbonyl (C=O) groups excluding carboxylic acids is 1. The minimum Gasteiger partial charge on any atom is -0.394 e. The van der Waals surface area contributed by atoms with Crippen LogP contribution in [0.4, 0.5) is 0 Å². The number of hydrogen-bond acceptors (Lipinski definition) is 2. The second kappa shape index (κ2) is 5.46. The molecule has 1 atom stereocenters. The van der Waals surface area contributed by atoms with Gasteiger partial charge in [0.15, 0.2) is 0 Å². The highest BCUT2D eigenvalue weighted by Gasteiger charge is 2.09. The van der Waals surface area contributed by atoms with Crippen molar-refractivity contribution in [2.45, 2.75) is 19.9 Å². The molecule has 0 heterocycles. The van der Waals surface area contributed by atoms with Gasteiger partial charge in [0.05, 0.1) is 6.61 Å². The predicted molar refractivity (Wildman–Crippen MR) is 67.9 cm³/mol. The normalized spacial score (nSPS) is 12.3. The van der Waals surface area contributed by atoms with Gasteiger partial charge in [0.1, 0.15) is 0 Å². The minimum atomic E-state index is -0.211. The van der Waals surface area contributed by atoms with Crippen LogP contribution in [-0.2, 0) is 0 Å². The summed E-state index contributed by atoms with van der Waals surface area (Å²) in [6.07, 6.45) is 0. The summed E-state index contributed by atoms with van der Waals surface area (Å²) in [6, 6.07) is 5.33. The topological polar surface area (TPSA) is 49.3 Å². The van der Waals surface area contributed by atoms with Crippen LogP contribution in [-0.4, -0.2) is 23.7 Å². The zero-order chi connectivity index (χ0) is 11.4. The molecule has 2 N–H and O–H groups in total. The first kappa shape index (κ1) is 12.4. The Morgan fingerprint density at radius 3 is 2.80 bits per heavy atom. The van der Waals surface area contributed by atoms with Crippen molar-refractivity contribution in [3.63, 3.8) is 0 Å². The van der Waals surface area contributed by atoms with Gasteiger partial charge in [-0.3, -0.25) is 4.79 Å². The lowest BCUT2D eigenvalue weighted by atomic mass is 10.1. The van der Waals surface area contributed by atoms with E-state index < -0.39 is 0 Å². The molecule has 0 aliphatic rings. The van der Waals surface area contributed by atoms with Crippen molar-refractivity contribution in [3.8, 4) is 0 Å². The summed E-state index contributed by atoms with van der Waals surface area (Å²) in [5.74, 6) is -0.143. The quantitative estimate of drug-likeness (QED) is 0.834. The molecule has 82 valence electrons. The lowest BCUT2D eigenvalue weighted by molar-refractivity contribution is 0.0922. The first-order valence-corrected chi connectivity index (χ1v) is 5.80. The Labute approximate surface area is 103 Å². The molecule has 0 fully saturated rings. The van der Waals surface area contributed by atoms with E-state index in [4.69, 9.17) is 5.11 Å². The highest BCUT2D eigenvalue weighted by molar-refractivity contribution is 14.1. The van der Waals surface area contributed by atoms with E-state index >= 15 is 0 Å². The van der Waals surface area contributed by atoms with Gasteiger partial charge in [-0.25, -0.2) is 0 Å². The van der Waals surface area contributed by atoms with Crippen LogP contribution < -0.4 is 5.32 Å². The average molecular weight is 319 g/mol. The van der Waals surface area contributed by atoms with Crippen molar-refractivity contribution >= 4 is 28.5 Å². The second-order valence-corrected chi connectivity index (χ2v) is 4.68. The molecule has 4 heteroatoms. The molecule has 0 aromatic heterocycles. The minimum absolute atomic E-state index is 0.0465. The molecular formula is C11H14INO2. The van der Waals surface area contributed by atoms with E-state index in [9.17, 15) is 4.79 Å². The van der Waals surface area contributed by atoms with E-state index in [0.717, 1.165) is 9.13 Å². The molecule has 0 aliphatic carbocycles. The van der Waals surface area contributed by atoms with Gasteiger partial charge in [0, 0.05) is 15.2 Å². The van der Waals surface area contributed by atoms with E-state index in [0.29, 0.717) is 5.56 Å². The van der Waals surface area contributed by atoms with Crippen LogP contribution in [0.5, 0.6) is 0 Å². The summed E-state index contributed by atoms with van der Waals surface area (Å²) >= 11 is 2.23. The Morgan fingerprint density at radius 1 is 1.60 bits per heavy atom. The third kappa shape index (κ3) is 3.46. The van der Waals surface area contributed by atoms with Crippen LogP contribution in [0.25, 0.3) is 0 Å². The van der Waals surface area contributed by atoms with Gasteiger partial charge in [-0.1, -0.05) is 0 Å². The van der Waals surface area contributed by atoms with Crippen LogP contribution >= 0.6 is 22.6 Å². The largest absolute Gasteiger partial charge is 0.394 e. The lowest BCUT2D eigenvalue weighted by Gasteiger charge is -2.11. The fourth-order valence-corrected chi connectivity index (χ4v) is 1.47. The summed E-state index contributed by atoms with van der Waals surface area (Å²) in [4.78, 5) is 11.7. The fourth-order valence-electron chi connectivity index (χ4n) is 1.14. The summed E-state index contributed by atoms with van der Waals surface area (Å²) < 4.78 is 1.14. The zero-order valence-electron chi connectivity index (χ0n) is 8.75. The maximum Gasteiger partial charge on any atom is 0.251 e. The number of aryl methyl sites for hydroxylation is 1. The number of aliphatic hydroxyl groups is 1. The second-order valence-electron chi connectivity index (χ2n) is 3.52. The van der Waals surface area contributed by atoms with Crippen molar-refractivity contribution in [2.75, 3.05) is 6.61 Å². The fraction of sp³-hybridized carbons (Fsp3) is 0.364. The number of aliphatic hydroxyl groups excluding tert-OH is 1. The molecule has 15 heavy (non-hydrogen) atoms. The monoisotopic (exact) mass is 319 g/mol. The van der Waals surface area contributed by atoms with Gasteiger partial charge in [0.25, 0.3) is 5.91 Å². The number of amides is 1. The number of benzene rings is 1. The van der Waals surface area contributed by atoms with Crippen LogP contribution in [0.1, 0.15) is 22.8 Å². The van der Waals surface area contributed by atoms with Crippen LogP contribution in [0.2, 0.25) is 0 Å². The third-order valence-electron chi connectivity index (χ3n) is 2.07. The Hall–Kier alpha value is -0.620. The molecule has 0 radical (unpaired) electrons. The Balaban J connectivity index is 2.78. The van der Waals surface area contributed by atoms with Gasteiger partial charge in [-0.05, 0) is 60.2 Å². The molecule has 1 amide bonds. The summed E-state index contributed by atoms with van der Waals surface area (Å²) in [5, 5.41) is 11.5. The van der Waals surface area contributed by atoms with Crippen molar-refractivity contribution in [1.29, 1.82) is 0 Å². The van der Waals surface area contributed by atoms with E-state index in [-0.39, 0.29) is 18.6 Å². The van der Waals surface area contributed by atoms with Gasteiger partial charge < -0.3 is 10.4 Å². The van der Waals surface area contributed by atoms with Gasteiger partial charge in [-0.2, -0.15) is 0 Å². The Kier molecular flexibility index (Phi) is 4.53. The van der Waals surface area contributed by atoms with E-state index in [1.54, 1.807) is 13.0 Å². The van der Waals surface area contributed by atoms with E-state index in [1.807, 2.05) is 19.1 Å². The Bertz CT molecular complexity index is 366. The predicted octanol–water partition coefficient (Wildman–Crippen LogP) is 1.71. The average Bonchev–Trinajstić information content (AvgIpc) is 2.21. The number of halogens is 1. The van der Waals surface area contributed by atoms with Gasteiger partial charge >= 0.3 is 0 Å². The molecule has 1 aromatic rings. The first-order valence-electron chi connectivity index (χ1n) is 4.72. The van der Waals surface area contributed by atoms with Crippen molar-refractivity contribution < 1.29 is 9.90 Å². The number of nitrogens with one attached hydrogen (secondary N) is 1. The third-order valence-corrected chi connectivity index (χ3v) is 3.28. The summed E-state index contributed by atoms with van der Waals surface area (Å²) in [7, 11) is 0. The molecule has 1 aromatic carbocycles. The Morgan fingerprint density at radius 2 is 2.27 bits per heavy atom. The maximum atomic E-state index is 11.7. The molecular weight excluding hydrogens is 305 g/mol. The standard InChI is InChI=1S/C11H14INO2/c1-7-5-9(3-4-10(7)12)11(15)13-8(2)6-14/h3-5,8,14H,6H2,1-2H3,(H,13,15). The van der Waals surface area contributed by atoms with Crippen LogP contribution in [0.15, 0.2) is 18.2 Å². The number of carbonyl (C=O) groups is 1. The molecule has 0 bridgehead atoms. The first-order chi connectivity index (χ1) is 7.04. The molecule has 1 rings (SSSR count). The number of hydrogen-bond donors (Lipinski definition) is 2. The number of rotatable bonds is 3. The molecule has 0 aliphatic heterocycles. The van der Waals surface area contributed by atoms with Crippen molar-refractivity contribution in [3.05, 3.63) is 32.9 Å². The highest BCUT2D eigenvalue weighted by atomic mass is 127. The molecule has 3 nitrogen and oxygen atoms in total. The highest BCUT2D eigenvalue weighted by Crippen LogP contribution is 2.13. The zero-order valence-corrected chi connectivity index (χ0v) is 10.9. The van der Waals surface area contributed by atoms with Gasteiger partial charge in [-0.15, -0.1) is 0 Å². The van der Waals surface area contributed by atoms with Crippen molar-refractivity contribution in [1.82, 2.24) is 5.32 Å². The lowest BCUT2D eigenvalue weighted by Crippen LogP contribution is -2.35. The maximum absolute atomic E-state index is 11.7. The van der Waals surface area contributed by atoms with Crippen LogP contribution in [0.3, 0.4) is 0 Å². The van der Waals surface area contributed by atoms with Gasteiger partial charge in [0.2, 0.25) is 0 Å². The summed E-state index contributed by atoms with van der Waals surface area (Å²) in [5.41, 5.74) is 1.72. The SMILES string of the molecule is Cc1cc(C(=O)NC(C)CO)ccc1I. The smallest absolute Gasteiger partial charge is 0.251 e. The van der Waals surface area contributed by atoms with Crippen molar-refractivity contribution in [2.24, 2.45) is 0 Å². The molecule has 0 saturated carbocycles.